The summed E-state index contributed by atoms with van der Waals surface area (Å²) in [4.78, 5) is 35.3. The Morgan fingerprint density at radius 1 is 1.21 bits per heavy atom. The molecule has 6 nitrogen and oxygen atoms in total. The van der Waals surface area contributed by atoms with E-state index in [4.69, 9.17) is 16.0 Å². The number of fused-ring (bicyclic) bond motifs is 2. The third-order valence-corrected chi connectivity index (χ3v) is 6.35. The molecule has 3 heterocycles. The molecule has 2 aromatic carbocycles. The summed E-state index contributed by atoms with van der Waals surface area (Å²) < 4.78 is 5.66. The van der Waals surface area contributed by atoms with Crippen LogP contribution in [0.25, 0.3) is 22.0 Å². The Balaban J connectivity index is 1.67. The van der Waals surface area contributed by atoms with Gasteiger partial charge in [0.05, 0.1) is 27.2 Å². The number of nitrogens with zero attached hydrogens (tertiary/aromatic N) is 2. The molecular formula is C20H14ClN3O3S. The molecule has 4 aromatic rings. The van der Waals surface area contributed by atoms with Crippen molar-refractivity contribution in [1.82, 2.24) is 9.97 Å². The van der Waals surface area contributed by atoms with Crippen molar-refractivity contribution >= 4 is 57.2 Å². The van der Waals surface area contributed by atoms with Gasteiger partial charge in [-0.2, -0.15) is 0 Å². The molecule has 28 heavy (non-hydrogen) atoms. The van der Waals surface area contributed by atoms with Gasteiger partial charge in [-0.05, 0) is 37.3 Å². The highest BCUT2D eigenvalue weighted by Gasteiger charge is 2.42. The van der Waals surface area contributed by atoms with Crippen molar-refractivity contribution in [3.63, 3.8) is 0 Å². The fourth-order valence-electron chi connectivity index (χ4n) is 3.39. The molecule has 1 amide bonds. The SMILES string of the molecule is CC1SC(c2coc3ccc(Cl)cc3c2=O)N(c2nc3ccccc3[nH]2)C1=O. The Morgan fingerprint density at radius 3 is 2.86 bits per heavy atom. The van der Waals surface area contributed by atoms with E-state index in [1.807, 2.05) is 31.2 Å². The molecule has 2 aromatic heterocycles. The van der Waals surface area contributed by atoms with Gasteiger partial charge < -0.3 is 9.40 Å². The minimum atomic E-state index is -0.539. The van der Waals surface area contributed by atoms with Crippen LogP contribution >= 0.6 is 23.4 Å². The van der Waals surface area contributed by atoms with Crippen LogP contribution in [0.5, 0.6) is 0 Å². The van der Waals surface area contributed by atoms with Crippen LogP contribution in [-0.2, 0) is 4.79 Å². The molecular weight excluding hydrogens is 398 g/mol. The minimum Gasteiger partial charge on any atom is -0.464 e. The Hall–Kier alpha value is -2.77. The minimum absolute atomic E-state index is 0.111. The number of imidazole rings is 1. The van der Waals surface area contributed by atoms with Crippen LogP contribution in [0.2, 0.25) is 5.02 Å². The molecule has 1 saturated heterocycles. The summed E-state index contributed by atoms with van der Waals surface area (Å²) in [6.45, 7) is 1.82. The molecule has 1 N–H and O–H groups in total. The lowest BCUT2D eigenvalue weighted by atomic mass is 10.1. The highest BCUT2D eigenvalue weighted by atomic mass is 35.5. The Bertz CT molecular complexity index is 1270. The number of rotatable bonds is 2. The summed E-state index contributed by atoms with van der Waals surface area (Å²) in [7, 11) is 0. The fraction of sp³-hybridized carbons (Fsp3) is 0.150. The summed E-state index contributed by atoms with van der Waals surface area (Å²) in [5.74, 6) is 0.304. The molecule has 1 aliphatic heterocycles. The van der Waals surface area contributed by atoms with Gasteiger partial charge in [-0.1, -0.05) is 23.7 Å². The molecule has 0 radical (unpaired) electrons. The van der Waals surface area contributed by atoms with Crippen LogP contribution in [0.4, 0.5) is 5.95 Å². The standard InChI is InChI=1S/C20H14ClN3O3S/c1-10-18(26)24(20-22-14-4-2-3-5-15(14)23-20)19(28-10)13-9-27-16-7-6-11(21)8-12(16)17(13)25/h2-10,19H,1H3,(H,22,23). The summed E-state index contributed by atoms with van der Waals surface area (Å²) in [5, 5.41) is -0.00729. The maximum absolute atomic E-state index is 13.1. The van der Waals surface area contributed by atoms with Crippen molar-refractivity contribution in [1.29, 1.82) is 0 Å². The number of para-hydroxylation sites is 2. The van der Waals surface area contributed by atoms with E-state index >= 15 is 0 Å². The molecule has 2 atom stereocenters. The maximum Gasteiger partial charge on any atom is 0.243 e. The number of anilines is 1. The number of carbonyl (C=O) groups is 1. The molecule has 0 spiro atoms. The van der Waals surface area contributed by atoms with Gasteiger partial charge in [0.2, 0.25) is 11.9 Å². The molecule has 1 fully saturated rings. The van der Waals surface area contributed by atoms with Crippen molar-refractivity contribution in [2.75, 3.05) is 4.90 Å². The first-order chi connectivity index (χ1) is 13.5. The Labute approximate surface area is 168 Å². The normalized spacial score (nSPS) is 19.8. The summed E-state index contributed by atoms with van der Waals surface area (Å²) in [6, 6.07) is 12.5. The zero-order valence-corrected chi connectivity index (χ0v) is 16.3. The zero-order chi connectivity index (χ0) is 19.4. The third kappa shape index (κ3) is 2.62. The van der Waals surface area contributed by atoms with E-state index in [0.29, 0.717) is 27.5 Å². The van der Waals surface area contributed by atoms with Gasteiger partial charge in [0, 0.05) is 5.02 Å². The number of halogens is 1. The van der Waals surface area contributed by atoms with Crippen LogP contribution in [0, 0.1) is 0 Å². The largest absolute Gasteiger partial charge is 0.464 e. The van der Waals surface area contributed by atoms with Crippen molar-refractivity contribution in [3.8, 4) is 0 Å². The van der Waals surface area contributed by atoms with E-state index < -0.39 is 5.37 Å². The quantitative estimate of drug-likeness (QED) is 0.525. The maximum atomic E-state index is 13.1. The van der Waals surface area contributed by atoms with E-state index in [9.17, 15) is 9.59 Å². The van der Waals surface area contributed by atoms with Gasteiger partial charge in [-0.25, -0.2) is 4.98 Å². The second-order valence-corrected chi connectivity index (χ2v) is 8.44. The molecule has 2 unspecified atom stereocenters. The molecule has 5 rings (SSSR count). The first-order valence-electron chi connectivity index (χ1n) is 8.67. The number of nitrogens with one attached hydrogen (secondary N) is 1. The van der Waals surface area contributed by atoms with Gasteiger partial charge in [-0.3, -0.25) is 14.5 Å². The van der Waals surface area contributed by atoms with E-state index in [-0.39, 0.29) is 16.6 Å². The van der Waals surface area contributed by atoms with Crippen LogP contribution in [0.15, 0.2) is 57.9 Å². The van der Waals surface area contributed by atoms with Crippen LogP contribution in [0.1, 0.15) is 17.9 Å². The van der Waals surface area contributed by atoms with Gasteiger partial charge >= 0.3 is 0 Å². The lowest BCUT2D eigenvalue weighted by molar-refractivity contribution is -0.117. The number of aromatic nitrogens is 2. The molecule has 0 bridgehead atoms. The molecule has 0 aliphatic carbocycles. The summed E-state index contributed by atoms with van der Waals surface area (Å²) in [6.07, 6.45) is 1.43. The van der Waals surface area contributed by atoms with Gasteiger partial charge in [0.25, 0.3) is 0 Å². The van der Waals surface area contributed by atoms with Crippen LogP contribution in [0.3, 0.4) is 0 Å². The molecule has 140 valence electrons. The number of benzene rings is 2. The average molecular weight is 412 g/mol. The van der Waals surface area contributed by atoms with E-state index in [0.717, 1.165) is 11.0 Å². The fourth-order valence-corrected chi connectivity index (χ4v) is 4.82. The lowest BCUT2D eigenvalue weighted by Crippen LogP contribution is -2.32. The van der Waals surface area contributed by atoms with Crippen LogP contribution in [-0.4, -0.2) is 21.1 Å². The predicted molar refractivity (Wildman–Crippen MR) is 111 cm³/mol. The zero-order valence-electron chi connectivity index (χ0n) is 14.7. The van der Waals surface area contributed by atoms with Crippen molar-refractivity contribution < 1.29 is 9.21 Å². The van der Waals surface area contributed by atoms with Crippen LogP contribution < -0.4 is 10.3 Å². The number of carbonyl (C=O) groups excluding carboxylic acids is 1. The highest BCUT2D eigenvalue weighted by Crippen LogP contribution is 2.44. The first-order valence-corrected chi connectivity index (χ1v) is 9.99. The smallest absolute Gasteiger partial charge is 0.243 e. The number of thioether (sulfide) groups is 1. The second kappa shape index (κ2) is 6.39. The van der Waals surface area contributed by atoms with Gasteiger partial charge in [0.1, 0.15) is 17.2 Å². The number of aromatic amines is 1. The predicted octanol–water partition coefficient (Wildman–Crippen LogP) is 4.49. The Morgan fingerprint density at radius 2 is 2.04 bits per heavy atom. The second-order valence-electron chi connectivity index (χ2n) is 6.58. The topological polar surface area (TPSA) is 79.2 Å². The van der Waals surface area contributed by atoms with Crippen molar-refractivity contribution in [2.45, 2.75) is 17.5 Å². The number of hydrogen-bond acceptors (Lipinski definition) is 5. The monoisotopic (exact) mass is 411 g/mol. The van der Waals surface area contributed by atoms with E-state index in [1.54, 1.807) is 18.2 Å². The van der Waals surface area contributed by atoms with E-state index in [1.165, 1.54) is 22.9 Å². The summed E-state index contributed by atoms with van der Waals surface area (Å²) in [5.41, 5.74) is 2.22. The third-order valence-electron chi connectivity index (χ3n) is 4.79. The highest BCUT2D eigenvalue weighted by molar-refractivity contribution is 8.01. The molecule has 0 saturated carbocycles. The number of hydrogen-bond donors (Lipinski definition) is 1. The van der Waals surface area contributed by atoms with Crippen molar-refractivity contribution in [2.24, 2.45) is 0 Å². The molecule has 8 heteroatoms. The molecule has 1 aliphatic rings. The Kier molecular flexibility index (Phi) is 3.96. The van der Waals surface area contributed by atoms with Crippen molar-refractivity contribution in [3.05, 3.63) is 69.5 Å². The first kappa shape index (κ1) is 17.3. The summed E-state index contributed by atoms with van der Waals surface area (Å²) >= 11 is 7.44. The van der Waals surface area contributed by atoms with Gasteiger partial charge in [0.15, 0.2) is 5.43 Å². The number of H-pyrrole nitrogens is 1. The number of amides is 1. The lowest BCUT2D eigenvalue weighted by Gasteiger charge is -2.20. The average Bonchev–Trinajstić information content (AvgIpc) is 3.23. The van der Waals surface area contributed by atoms with Gasteiger partial charge in [-0.15, -0.1) is 11.8 Å². The van der Waals surface area contributed by atoms with E-state index in [2.05, 4.69) is 9.97 Å².